The number of fused-ring (bicyclic) bond motifs is 1. The van der Waals surface area contributed by atoms with Crippen molar-refractivity contribution in [2.75, 3.05) is 33.3 Å². The average molecular weight is 489 g/mol. The van der Waals surface area contributed by atoms with E-state index < -0.39 is 16.1 Å². The molecule has 2 aromatic carbocycles. The van der Waals surface area contributed by atoms with Crippen LogP contribution in [0.25, 0.3) is 0 Å². The summed E-state index contributed by atoms with van der Waals surface area (Å²) in [6.07, 6.45) is 0.749. The van der Waals surface area contributed by atoms with E-state index in [1.807, 2.05) is 14.0 Å². The second kappa shape index (κ2) is 11.3. The highest BCUT2D eigenvalue weighted by atomic mass is 32.2. The van der Waals surface area contributed by atoms with E-state index in [1.165, 1.54) is 22.5 Å². The molecular formula is C26H33FN2O4S. The fourth-order valence-electron chi connectivity index (χ4n) is 3.98. The van der Waals surface area contributed by atoms with Gasteiger partial charge < -0.3 is 14.7 Å². The second-order valence-electron chi connectivity index (χ2n) is 8.92. The minimum absolute atomic E-state index is 0.0650. The zero-order valence-electron chi connectivity index (χ0n) is 20.2. The fourth-order valence-corrected chi connectivity index (χ4v) is 5.80. The number of nitrogens with zero attached hydrogens (tertiary/aromatic N) is 2. The van der Waals surface area contributed by atoms with E-state index in [4.69, 9.17) is 4.74 Å². The van der Waals surface area contributed by atoms with Crippen LogP contribution in [0.5, 0.6) is 5.75 Å². The molecule has 3 atom stereocenters. The Hall–Kier alpha value is -2.44. The summed E-state index contributed by atoms with van der Waals surface area (Å²) in [5.41, 5.74) is 1.24. The van der Waals surface area contributed by atoms with Crippen molar-refractivity contribution >= 4 is 10.0 Å². The van der Waals surface area contributed by atoms with Crippen molar-refractivity contribution in [3.63, 3.8) is 0 Å². The summed E-state index contributed by atoms with van der Waals surface area (Å²) in [6, 6.07) is 10.1. The van der Waals surface area contributed by atoms with Gasteiger partial charge in [0.1, 0.15) is 22.6 Å². The van der Waals surface area contributed by atoms with Gasteiger partial charge in [-0.05, 0) is 69.4 Å². The molecule has 1 N–H and O–H groups in total. The molecule has 0 amide bonds. The highest BCUT2D eigenvalue weighted by Gasteiger charge is 2.38. The lowest BCUT2D eigenvalue weighted by atomic mass is 10.0. The maximum atomic E-state index is 13.5. The Labute approximate surface area is 202 Å². The molecule has 2 aromatic rings. The van der Waals surface area contributed by atoms with Gasteiger partial charge in [-0.25, -0.2) is 12.8 Å². The third-order valence-corrected chi connectivity index (χ3v) is 7.98. The van der Waals surface area contributed by atoms with Gasteiger partial charge in [-0.1, -0.05) is 25.7 Å². The molecule has 6 nitrogen and oxygen atoms in total. The molecule has 1 aliphatic heterocycles. The molecular weight excluding hydrogens is 455 g/mol. The number of likely N-dealkylation sites (N-methyl/N-ethyl adjacent to an activating group) is 1. The summed E-state index contributed by atoms with van der Waals surface area (Å²) >= 11 is 0. The van der Waals surface area contributed by atoms with Gasteiger partial charge in [0, 0.05) is 36.2 Å². The van der Waals surface area contributed by atoms with Crippen LogP contribution in [0.15, 0.2) is 47.4 Å². The summed E-state index contributed by atoms with van der Waals surface area (Å²) in [7, 11) is -1.87. The van der Waals surface area contributed by atoms with Crippen molar-refractivity contribution in [2.45, 2.75) is 44.2 Å². The van der Waals surface area contributed by atoms with Crippen LogP contribution in [0, 0.1) is 23.6 Å². The SMILES string of the molecule is CCCN(C)C[C@@H]1Oc2cc(C#Cc3ccc(F)cc3)ccc2S(=O)(=O)N([C@@H](C)CO)C[C@@H]1C. The zero-order chi connectivity index (χ0) is 24.9. The lowest BCUT2D eigenvalue weighted by Crippen LogP contribution is -2.49. The molecule has 0 bridgehead atoms. The van der Waals surface area contributed by atoms with Crippen LogP contribution < -0.4 is 4.74 Å². The van der Waals surface area contributed by atoms with E-state index in [9.17, 15) is 17.9 Å². The van der Waals surface area contributed by atoms with Gasteiger partial charge in [0.05, 0.1) is 6.61 Å². The lowest BCUT2D eigenvalue weighted by molar-refractivity contribution is 0.0752. The number of aliphatic hydroxyl groups is 1. The number of rotatable bonds is 6. The standard InChI is InChI=1S/C26H33FN2O4S/c1-5-14-28(4)17-25-19(2)16-29(20(3)18-30)34(31,32)26-13-10-22(15-24(26)33-25)7-6-21-8-11-23(27)12-9-21/h8-13,15,19-20,25,30H,5,14,16-18H2,1-4H3/t19-,20-,25-/m0/s1. The number of halogens is 1. The van der Waals surface area contributed by atoms with Crippen LogP contribution in [0.2, 0.25) is 0 Å². The van der Waals surface area contributed by atoms with Crippen molar-refractivity contribution < 1.29 is 22.7 Å². The first-order valence-corrected chi connectivity index (χ1v) is 13.0. The van der Waals surface area contributed by atoms with E-state index in [1.54, 1.807) is 31.2 Å². The van der Waals surface area contributed by atoms with E-state index >= 15 is 0 Å². The van der Waals surface area contributed by atoms with E-state index in [0.717, 1.165) is 13.0 Å². The Morgan fingerprint density at radius 1 is 1.21 bits per heavy atom. The molecule has 3 rings (SSSR count). The van der Waals surface area contributed by atoms with Gasteiger partial charge in [-0.3, -0.25) is 0 Å². The molecule has 184 valence electrons. The van der Waals surface area contributed by atoms with Gasteiger partial charge in [0.25, 0.3) is 0 Å². The van der Waals surface area contributed by atoms with Gasteiger partial charge >= 0.3 is 0 Å². The Balaban J connectivity index is 2.04. The Kier molecular flexibility index (Phi) is 8.72. The summed E-state index contributed by atoms with van der Waals surface area (Å²) < 4.78 is 47.9. The Bertz CT molecular complexity index is 1140. The summed E-state index contributed by atoms with van der Waals surface area (Å²) in [4.78, 5) is 2.24. The first kappa shape index (κ1) is 26.2. The topological polar surface area (TPSA) is 70.1 Å². The fraction of sp³-hybridized carbons (Fsp3) is 0.462. The maximum absolute atomic E-state index is 13.5. The first-order chi connectivity index (χ1) is 16.1. The maximum Gasteiger partial charge on any atom is 0.247 e. The van der Waals surface area contributed by atoms with Crippen molar-refractivity contribution in [3.05, 3.63) is 59.4 Å². The molecule has 0 radical (unpaired) electrons. The minimum Gasteiger partial charge on any atom is -0.487 e. The average Bonchev–Trinajstić information content (AvgIpc) is 2.80. The molecule has 1 aliphatic rings. The number of benzene rings is 2. The summed E-state index contributed by atoms with van der Waals surface area (Å²) in [6.45, 7) is 7.30. The van der Waals surface area contributed by atoms with Gasteiger partial charge in [-0.15, -0.1) is 0 Å². The Morgan fingerprint density at radius 3 is 2.50 bits per heavy atom. The van der Waals surface area contributed by atoms with Crippen LogP contribution in [0.1, 0.15) is 38.3 Å². The van der Waals surface area contributed by atoms with Crippen LogP contribution >= 0.6 is 0 Å². The highest BCUT2D eigenvalue weighted by molar-refractivity contribution is 7.89. The molecule has 0 saturated carbocycles. The molecule has 0 spiro atoms. The van der Waals surface area contributed by atoms with Gasteiger partial charge in [0.2, 0.25) is 10.0 Å². The number of hydrogen-bond donors (Lipinski definition) is 1. The summed E-state index contributed by atoms with van der Waals surface area (Å²) in [5, 5.41) is 9.75. The van der Waals surface area contributed by atoms with Crippen LogP contribution in [-0.4, -0.2) is 68.2 Å². The second-order valence-corrected chi connectivity index (χ2v) is 10.8. The predicted octanol–water partition coefficient (Wildman–Crippen LogP) is 3.34. The van der Waals surface area contributed by atoms with Crippen molar-refractivity contribution in [3.8, 4) is 17.6 Å². The Morgan fingerprint density at radius 2 is 1.85 bits per heavy atom. The van der Waals surface area contributed by atoms with Crippen LogP contribution in [0.4, 0.5) is 4.39 Å². The van der Waals surface area contributed by atoms with E-state index in [-0.39, 0.29) is 41.6 Å². The number of aliphatic hydroxyl groups excluding tert-OH is 1. The number of hydrogen-bond acceptors (Lipinski definition) is 5. The zero-order valence-corrected chi connectivity index (χ0v) is 21.0. The van der Waals surface area contributed by atoms with Crippen molar-refractivity contribution in [2.24, 2.45) is 5.92 Å². The quantitative estimate of drug-likeness (QED) is 0.632. The smallest absolute Gasteiger partial charge is 0.247 e. The van der Waals surface area contributed by atoms with Gasteiger partial charge in [-0.2, -0.15) is 4.31 Å². The molecule has 1 heterocycles. The molecule has 0 saturated heterocycles. The number of sulfonamides is 1. The molecule has 0 aromatic heterocycles. The van der Waals surface area contributed by atoms with Gasteiger partial charge in [0.15, 0.2) is 0 Å². The summed E-state index contributed by atoms with van der Waals surface area (Å²) in [5.74, 6) is 5.80. The molecule has 0 aliphatic carbocycles. The highest BCUT2D eigenvalue weighted by Crippen LogP contribution is 2.34. The van der Waals surface area contributed by atoms with Crippen LogP contribution in [-0.2, 0) is 10.0 Å². The van der Waals surface area contributed by atoms with Crippen LogP contribution in [0.3, 0.4) is 0 Å². The normalized spacial score (nSPS) is 20.9. The monoisotopic (exact) mass is 488 g/mol. The number of ether oxygens (including phenoxy) is 1. The molecule has 34 heavy (non-hydrogen) atoms. The van der Waals surface area contributed by atoms with E-state index in [2.05, 4.69) is 23.7 Å². The predicted molar refractivity (Wildman–Crippen MR) is 131 cm³/mol. The van der Waals surface area contributed by atoms with Crippen molar-refractivity contribution in [1.29, 1.82) is 0 Å². The lowest BCUT2D eigenvalue weighted by Gasteiger charge is -2.37. The molecule has 0 fully saturated rings. The first-order valence-electron chi connectivity index (χ1n) is 11.5. The third kappa shape index (κ3) is 6.16. The molecule has 0 unspecified atom stereocenters. The van der Waals surface area contributed by atoms with E-state index in [0.29, 0.717) is 17.7 Å². The largest absolute Gasteiger partial charge is 0.487 e. The third-order valence-electron chi connectivity index (χ3n) is 5.96. The molecule has 8 heteroatoms. The minimum atomic E-state index is -3.89. The van der Waals surface area contributed by atoms with Crippen molar-refractivity contribution in [1.82, 2.24) is 9.21 Å².